The molecular weight excluding hydrogens is 298 g/mol. The first-order chi connectivity index (χ1) is 10.6. The lowest BCUT2D eigenvalue weighted by Gasteiger charge is -2.08. The van der Waals surface area contributed by atoms with E-state index in [1.165, 1.54) is 17.3 Å². The molecule has 0 bridgehead atoms. The molecule has 0 saturated heterocycles. The summed E-state index contributed by atoms with van der Waals surface area (Å²) in [7, 11) is 0. The quantitative estimate of drug-likeness (QED) is 0.626. The maximum atomic E-state index is 11.6. The minimum absolute atomic E-state index is 0.0744. The average molecular weight is 317 g/mol. The molecule has 1 amide bonds. The summed E-state index contributed by atoms with van der Waals surface area (Å²) in [6, 6.07) is 8.08. The minimum Gasteiger partial charge on any atom is -0.352 e. The molecule has 7 heteroatoms. The summed E-state index contributed by atoms with van der Waals surface area (Å²) in [6.07, 6.45) is 1.64. The van der Waals surface area contributed by atoms with Crippen LogP contribution in [0.5, 0.6) is 0 Å². The van der Waals surface area contributed by atoms with Crippen molar-refractivity contribution in [1.29, 1.82) is 0 Å². The fraction of sp³-hybridized carbons (Fsp3) is 0.333. The molecule has 0 radical (unpaired) electrons. The molecule has 0 unspecified atom stereocenters. The van der Waals surface area contributed by atoms with Crippen molar-refractivity contribution < 1.29 is 4.79 Å². The lowest BCUT2D eigenvalue weighted by atomic mass is 10.0. The molecule has 1 aromatic heterocycles. The number of hydrogen-bond acceptors (Lipinski definition) is 5. The van der Waals surface area contributed by atoms with Gasteiger partial charge in [0.2, 0.25) is 11.1 Å². The highest BCUT2D eigenvalue weighted by molar-refractivity contribution is 7.99. The van der Waals surface area contributed by atoms with E-state index in [0.717, 1.165) is 5.69 Å². The lowest BCUT2D eigenvalue weighted by molar-refractivity contribution is -0.118. The second-order valence-corrected chi connectivity index (χ2v) is 5.94. The number of thioether (sulfide) groups is 1. The highest BCUT2D eigenvalue weighted by atomic mass is 32.2. The van der Waals surface area contributed by atoms with E-state index in [2.05, 4.69) is 53.4 Å². The predicted molar refractivity (Wildman–Crippen MR) is 87.2 cm³/mol. The van der Waals surface area contributed by atoms with Gasteiger partial charge in [0, 0.05) is 6.54 Å². The highest BCUT2D eigenvalue weighted by Crippen LogP contribution is 2.20. The van der Waals surface area contributed by atoms with Crippen LogP contribution in [0.4, 0.5) is 0 Å². The smallest absolute Gasteiger partial charge is 0.230 e. The van der Waals surface area contributed by atoms with E-state index >= 15 is 0 Å². The second kappa shape index (κ2) is 7.74. The Morgan fingerprint density at radius 1 is 1.41 bits per heavy atom. The average Bonchev–Trinajstić information content (AvgIpc) is 2.99. The van der Waals surface area contributed by atoms with E-state index in [1.807, 2.05) is 12.1 Å². The van der Waals surface area contributed by atoms with E-state index in [9.17, 15) is 4.79 Å². The Balaban J connectivity index is 2.05. The Bertz CT molecular complexity index is 636. The van der Waals surface area contributed by atoms with Gasteiger partial charge in [-0.3, -0.25) is 4.79 Å². The molecule has 0 spiro atoms. The molecule has 116 valence electrons. The molecule has 1 heterocycles. The fourth-order valence-corrected chi connectivity index (χ4v) is 2.52. The minimum atomic E-state index is -0.0744. The number of nitrogens with zero attached hydrogens (tertiary/aromatic N) is 4. The third kappa shape index (κ3) is 4.17. The first-order valence-electron chi connectivity index (χ1n) is 7.01. The molecule has 2 rings (SSSR count). The molecule has 1 N–H and O–H groups in total. The summed E-state index contributed by atoms with van der Waals surface area (Å²) < 4.78 is 1.63. The molecular formula is C15H19N5OS. The van der Waals surface area contributed by atoms with Gasteiger partial charge in [-0.1, -0.05) is 43.8 Å². The van der Waals surface area contributed by atoms with Crippen LogP contribution in [0, 0.1) is 0 Å². The summed E-state index contributed by atoms with van der Waals surface area (Å²) in [5.41, 5.74) is 2.14. The predicted octanol–water partition coefficient (Wildman–Crippen LogP) is 2.18. The number of amides is 1. The van der Waals surface area contributed by atoms with Gasteiger partial charge >= 0.3 is 0 Å². The Labute approximate surface area is 134 Å². The molecule has 0 saturated carbocycles. The van der Waals surface area contributed by atoms with Crippen LogP contribution < -0.4 is 5.32 Å². The van der Waals surface area contributed by atoms with Gasteiger partial charge in [-0.15, -0.1) is 11.7 Å². The van der Waals surface area contributed by atoms with E-state index in [-0.39, 0.29) is 11.7 Å². The van der Waals surface area contributed by atoms with E-state index in [4.69, 9.17) is 0 Å². The summed E-state index contributed by atoms with van der Waals surface area (Å²) in [6.45, 7) is 8.31. The van der Waals surface area contributed by atoms with Crippen LogP contribution >= 0.6 is 11.8 Å². The topological polar surface area (TPSA) is 72.7 Å². The summed E-state index contributed by atoms with van der Waals surface area (Å²) >= 11 is 1.30. The largest absolute Gasteiger partial charge is 0.352 e. The number of benzene rings is 1. The van der Waals surface area contributed by atoms with Crippen LogP contribution in [-0.2, 0) is 4.79 Å². The van der Waals surface area contributed by atoms with Crippen molar-refractivity contribution in [2.75, 3.05) is 12.3 Å². The molecule has 0 atom stereocenters. The number of tetrazole rings is 1. The standard InChI is InChI=1S/C15H19N5OS/c1-4-9-16-14(21)10-22-15-17-18-19-20(15)13-7-5-12(6-8-13)11(2)3/h4-8,11H,1,9-10H2,2-3H3,(H,16,21). The van der Waals surface area contributed by atoms with Crippen LogP contribution in [0.3, 0.4) is 0 Å². The van der Waals surface area contributed by atoms with Crippen molar-refractivity contribution in [2.45, 2.75) is 24.9 Å². The first kappa shape index (κ1) is 16.2. The normalized spacial score (nSPS) is 10.7. The van der Waals surface area contributed by atoms with Crippen molar-refractivity contribution in [3.8, 4) is 5.69 Å². The molecule has 1 aromatic carbocycles. The first-order valence-corrected chi connectivity index (χ1v) is 7.99. The van der Waals surface area contributed by atoms with Gasteiger partial charge in [0.25, 0.3) is 0 Å². The number of nitrogens with one attached hydrogen (secondary N) is 1. The Kier molecular flexibility index (Phi) is 5.71. The van der Waals surface area contributed by atoms with Gasteiger partial charge in [-0.05, 0) is 34.0 Å². The van der Waals surface area contributed by atoms with Gasteiger partial charge in [0.15, 0.2) is 0 Å². The molecule has 22 heavy (non-hydrogen) atoms. The Morgan fingerprint density at radius 3 is 2.77 bits per heavy atom. The van der Waals surface area contributed by atoms with Crippen molar-refractivity contribution in [3.63, 3.8) is 0 Å². The SMILES string of the molecule is C=CCNC(=O)CSc1nnnn1-c1ccc(C(C)C)cc1. The molecule has 0 aliphatic rings. The van der Waals surface area contributed by atoms with Gasteiger partial charge in [0.1, 0.15) is 0 Å². The van der Waals surface area contributed by atoms with E-state index < -0.39 is 0 Å². The number of carbonyl (C=O) groups excluding carboxylic acids is 1. The number of hydrogen-bond donors (Lipinski definition) is 1. The van der Waals surface area contributed by atoms with E-state index in [1.54, 1.807) is 10.8 Å². The van der Waals surface area contributed by atoms with Crippen LogP contribution in [0.25, 0.3) is 5.69 Å². The fourth-order valence-electron chi connectivity index (χ4n) is 1.80. The van der Waals surface area contributed by atoms with Gasteiger partial charge in [0.05, 0.1) is 11.4 Å². The molecule has 0 fully saturated rings. The van der Waals surface area contributed by atoms with Crippen LogP contribution in [0.15, 0.2) is 42.1 Å². The lowest BCUT2D eigenvalue weighted by Crippen LogP contribution is -2.25. The van der Waals surface area contributed by atoms with Crippen molar-refractivity contribution in [3.05, 3.63) is 42.5 Å². The van der Waals surface area contributed by atoms with Crippen molar-refractivity contribution in [1.82, 2.24) is 25.5 Å². The molecule has 0 aliphatic heterocycles. The zero-order valence-electron chi connectivity index (χ0n) is 12.7. The molecule has 2 aromatic rings. The zero-order chi connectivity index (χ0) is 15.9. The van der Waals surface area contributed by atoms with E-state index in [0.29, 0.717) is 17.6 Å². The third-order valence-electron chi connectivity index (χ3n) is 3.02. The van der Waals surface area contributed by atoms with Crippen LogP contribution in [0.1, 0.15) is 25.3 Å². The Morgan fingerprint density at radius 2 is 2.14 bits per heavy atom. The maximum absolute atomic E-state index is 11.6. The van der Waals surface area contributed by atoms with Crippen LogP contribution in [-0.4, -0.2) is 38.4 Å². The summed E-state index contributed by atoms with van der Waals surface area (Å²) in [5.74, 6) is 0.665. The second-order valence-electron chi connectivity index (χ2n) is 5.00. The Hall–Kier alpha value is -2.15. The number of carbonyl (C=O) groups is 1. The van der Waals surface area contributed by atoms with Gasteiger partial charge in [-0.25, -0.2) is 0 Å². The molecule has 6 nitrogen and oxygen atoms in total. The summed E-state index contributed by atoms with van der Waals surface area (Å²) in [4.78, 5) is 11.6. The monoisotopic (exact) mass is 317 g/mol. The van der Waals surface area contributed by atoms with Crippen molar-refractivity contribution in [2.24, 2.45) is 0 Å². The number of rotatable bonds is 7. The summed E-state index contributed by atoms with van der Waals surface area (Å²) in [5, 5.41) is 15.0. The highest BCUT2D eigenvalue weighted by Gasteiger charge is 2.11. The third-order valence-corrected chi connectivity index (χ3v) is 3.94. The van der Waals surface area contributed by atoms with Crippen LogP contribution in [0.2, 0.25) is 0 Å². The van der Waals surface area contributed by atoms with Gasteiger partial charge < -0.3 is 5.32 Å². The van der Waals surface area contributed by atoms with Gasteiger partial charge in [-0.2, -0.15) is 4.68 Å². The molecule has 0 aliphatic carbocycles. The maximum Gasteiger partial charge on any atom is 0.230 e. The number of aromatic nitrogens is 4. The zero-order valence-corrected chi connectivity index (χ0v) is 13.5. The van der Waals surface area contributed by atoms with Crippen molar-refractivity contribution >= 4 is 17.7 Å².